The van der Waals surface area contributed by atoms with Crippen molar-refractivity contribution in [1.29, 1.82) is 0 Å². The molecule has 0 rings (SSSR count). The normalized spacial score (nSPS) is 11.2. The second-order valence-corrected chi connectivity index (χ2v) is 16.7. The molecule has 4 nitrogen and oxygen atoms in total. The Bertz CT molecular complexity index is 330. The maximum atomic E-state index is 11.7. The zero-order valence-electron chi connectivity index (χ0n) is 15.7. The van der Waals surface area contributed by atoms with Gasteiger partial charge in [0.2, 0.25) is 0 Å². The van der Waals surface area contributed by atoms with E-state index in [4.69, 9.17) is 14.9 Å². The lowest BCUT2D eigenvalue weighted by molar-refractivity contribution is -0.274. The average molecular weight is 581 g/mol. The van der Waals surface area contributed by atoms with Crippen molar-refractivity contribution in [1.82, 2.24) is 0 Å². The smallest absolute Gasteiger partial charge is 0.199 e. The van der Waals surface area contributed by atoms with Crippen LogP contribution in [-0.4, -0.2) is 82.1 Å². The van der Waals surface area contributed by atoms with Gasteiger partial charge in [-0.15, -0.1) is 94.1 Å². The molecular weight excluding hydrogens is 553 g/mol. The second kappa shape index (κ2) is 28.1. The molecule has 168 valence electrons. The molecule has 0 atom stereocenters. The van der Waals surface area contributed by atoms with Crippen molar-refractivity contribution in [3.63, 3.8) is 0 Å². The summed E-state index contributed by atoms with van der Waals surface area (Å²) in [5.41, 5.74) is 0. The van der Waals surface area contributed by atoms with Gasteiger partial charge in [-0.1, -0.05) is 11.8 Å². The first-order valence-electron chi connectivity index (χ1n) is 7.93. The summed E-state index contributed by atoms with van der Waals surface area (Å²) in [4.78, 5) is 21.9. The Hall–Kier alpha value is 3.05. The summed E-state index contributed by atoms with van der Waals surface area (Å²) in [5, 5.41) is 15.9. The highest BCUT2D eigenvalue weighted by Gasteiger charge is 2.03. The largest absolute Gasteiger partial charge is 0.386 e. The summed E-state index contributed by atoms with van der Waals surface area (Å²) in [6.07, 6.45) is 2.11. The predicted octanol–water partition coefficient (Wildman–Crippen LogP) is 6.03. The van der Waals surface area contributed by atoms with Crippen LogP contribution in [0.25, 0.3) is 0 Å². The van der Waals surface area contributed by atoms with Gasteiger partial charge in [0.05, 0.1) is 18.3 Å². The maximum Gasteiger partial charge on any atom is 0.199 e. The molecule has 0 aromatic carbocycles. The number of hydrogen-bond acceptors (Lipinski definition) is 14. The lowest BCUT2D eigenvalue weighted by atomic mass is 10.9. The van der Waals surface area contributed by atoms with Crippen LogP contribution in [0.15, 0.2) is 0 Å². The summed E-state index contributed by atoms with van der Waals surface area (Å²) in [6.45, 7) is 0.593. The summed E-state index contributed by atoms with van der Waals surface area (Å²) in [7, 11) is 0. The second-order valence-electron chi connectivity index (χ2n) is 4.30. The van der Waals surface area contributed by atoms with E-state index >= 15 is 0 Å². The van der Waals surface area contributed by atoms with Gasteiger partial charge in [0, 0.05) is 41.3 Å². The van der Waals surface area contributed by atoms with E-state index < -0.39 is 0 Å². The molecule has 0 saturated heterocycles. The fourth-order valence-corrected chi connectivity index (χ4v) is 11.0. The van der Waals surface area contributed by atoms with Crippen LogP contribution in [0.3, 0.4) is 0 Å². The molecule has 0 unspecified atom stereocenters. The van der Waals surface area contributed by atoms with Gasteiger partial charge in [0.15, 0.2) is 5.12 Å². The van der Waals surface area contributed by atoms with Gasteiger partial charge in [-0.25, -0.2) is 9.78 Å². The van der Waals surface area contributed by atoms with Gasteiger partial charge in [0.1, 0.15) is 5.94 Å². The molecule has 28 heavy (non-hydrogen) atoms. The van der Waals surface area contributed by atoms with Gasteiger partial charge in [-0.2, -0.15) is 11.8 Å². The molecule has 0 fully saturated rings. The topological polar surface area (TPSA) is 55.8 Å². The van der Waals surface area contributed by atoms with E-state index in [1.165, 1.54) is 23.5 Å². The average Bonchev–Trinajstić information content (AvgIpc) is 2.70. The third kappa shape index (κ3) is 27.1. The van der Waals surface area contributed by atoms with Crippen molar-refractivity contribution in [3.05, 3.63) is 0 Å². The van der Waals surface area contributed by atoms with Crippen LogP contribution in [0.1, 0.15) is 0 Å². The molecule has 0 spiro atoms. The third-order valence-corrected chi connectivity index (χ3v) is 13.6. The van der Waals surface area contributed by atoms with Crippen LogP contribution in [0.5, 0.6) is 0 Å². The Labute approximate surface area is 212 Å². The molecule has 0 aliphatic heterocycles. The molecule has 1 N–H and O–H groups in total. The van der Waals surface area contributed by atoms with Crippen LogP contribution in [0, 0.1) is 0 Å². The zero-order chi connectivity index (χ0) is 20.5. The van der Waals surface area contributed by atoms with Crippen molar-refractivity contribution in [3.8, 4) is 0 Å². The molecule has 0 aliphatic carbocycles. The van der Waals surface area contributed by atoms with Crippen LogP contribution >= 0.6 is 118 Å². The van der Waals surface area contributed by atoms with E-state index in [0.717, 1.165) is 41.3 Å². The third-order valence-electron chi connectivity index (χ3n) is 2.17. The van der Waals surface area contributed by atoms with Crippen LogP contribution in [-0.2, 0) is 14.6 Å². The Morgan fingerprint density at radius 2 is 1.39 bits per heavy atom. The lowest BCUT2D eigenvalue weighted by Crippen LogP contribution is -1.99. The number of aliphatic hydroxyl groups excluding tert-OH is 1. The van der Waals surface area contributed by atoms with Gasteiger partial charge in [0.25, 0.3) is 0 Å². The van der Waals surface area contributed by atoms with E-state index in [2.05, 4.69) is 6.26 Å². The first kappa shape index (κ1) is 31.0. The molecular formula is C14H28O4S10. The molecule has 0 saturated carbocycles. The fourth-order valence-electron chi connectivity index (χ4n) is 1.14. The number of hydrogen-bond donors (Lipinski definition) is 1. The number of rotatable bonds is 23. The van der Waals surface area contributed by atoms with E-state index in [9.17, 15) is 4.79 Å². The molecule has 0 aromatic heterocycles. The Balaban J connectivity index is 3.10. The molecule has 0 heterocycles. The number of aliphatic hydroxyl groups is 1. The minimum atomic E-state index is 0.146. The van der Waals surface area contributed by atoms with Crippen LogP contribution in [0.4, 0.5) is 0 Å². The molecule has 0 aromatic rings. The maximum absolute atomic E-state index is 11.7. The fraction of sp³-hybridized carbons (Fsp3) is 0.929. The van der Waals surface area contributed by atoms with Crippen molar-refractivity contribution in [2.75, 3.05) is 71.8 Å². The molecule has 0 bridgehead atoms. The van der Waals surface area contributed by atoms with Crippen LogP contribution in [0.2, 0.25) is 0 Å². The van der Waals surface area contributed by atoms with Gasteiger partial charge in [-0.05, 0) is 6.26 Å². The van der Waals surface area contributed by atoms with Gasteiger partial charge in [-0.3, -0.25) is 4.79 Å². The van der Waals surface area contributed by atoms with Crippen molar-refractivity contribution in [2.24, 2.45) is 0 Å². The van der Waals surface area contributed by atoms with Crippen molar-refractivity contribution >= 4 is 123 Å². The molecule has 14 heteroatoms. The Morgan fingerprint density at radius 3 is 2.14 bits per heavy atom. The summed E-state index contributed by atoms with van der Waals surface area (Å²) in [6, 6.07) is 0. The van der Waals surface area contributed by atoms with E-state index in [1.807, 2.05) is 70.6 Å². The summed E-state index contributed by atoms with van der Waals surface area (Å²) >= 11 is 17.4. The van der Waals surface area contributed by atoms with Crippen molar-refractivity contribution in [2.45, 2.75) is 0 Å². The summed E-state index contributed by atoms with van der Waals surface area (Å²) in [5.74, 6) is 2.18. The Kier molecular flexibility index (Phi) is 31.1. The quantitative estimate of drug-likeness (QED) is 0.0662. The van der Waals surface area contributed by atoms with Gasteiger partial charge < -0.3 is 5.11 Å². The first-order valence-corrected chi connectivity index (χ1v) is 19.5. The molecule has 0 aliphatic rings. The predicted molar refractivity (Wildman–Crippen MR) is 150 cm³/mol. The number of carbonyl (C=O) groups excluding carboxylic acids is 1. The Morgan fingerprint density at radius 1 is 0.750 bits per heavy atom. The first-order chi connectivity index (χ1) is 13.8. The standard InChI is InChI=1S/C14H28O4S10/c1-19-7-24-11-27-13-28-14(16)4-21-9-26-12-25-8-20-3-2-17-18-6-23-10-22-5-15/h15H,2-13H2,1H3. The highest BCUT2D eigenvalue weighted by molar-refractivity contribution is 8.30. The zero-order valence-corrected chi connectivity index (χ0v) is 23.9. The van der Waals surface area contributed by atoms with E-state index in [0.29, 0.717) is 23.4 Å². The van der Waals surface area contributed by atoms with E-state index in [1.54, 1.807) is 23.5 Å². The highest BCUT2D eigenvalue weighted by atomic mass is 32.3. The summed E-state index contributed by atoms with van der Waals surface area (Å²) < 4.78 is 0. The van der Waals surface area contributed by atoms with Crippen molar-refractivity contribution < 1.29 is 19.7 Å². The number of thioether (sulfide) groups is 10. The van der Waals surface area contributed by atoms with E-state index in [-0.39, 0.29) is 5.94 Å². The monoisotopic (exact) mass is 580 g/mol. The van der Waals surface area contributed by atoms with Crippen LogP contribution < -0.4 is 0 Å². The molecule has 0 amide bonds. The molecule has 0 radical (unpaired) electrons. The lowest BCUT2D eigenvalue weighted by Gasteiger charge is -2.04. The minimum Gasteiger partial charge on any atom is -0.386 e. The highest BCUT2D eigenvalue weighted by Crippen LogP contribution is 2.24. The SMILES string of the molecule is CSCSCSCSC(=O)CSCSCSCSCCOOCSCSCO. The number of carbonyl (C=O) groups is 1. The minimum absolute atomic E-state index is 0.146. The van der Waals surface area contributed by atoms with Gasteiger partial charge >= 0.3 is 0 Å².